The second kappa shape index (κ2) is 8.86. The zero-order chi connectivity index (χ0) is 22.7. The van der Waals surface area contributed by atoms with Gasteiger partial charge in [0.15, 0.2) is 0 Å². The highest BCUT2D eigenvalue weighted by molar-refractivity contribution is 6.05. The first kappa shape index (κ1) is 21.6. The average molecular weight is 442 g/mol. The van der Waals surface area contributed by atoms with E-state index in [1.165, 1.54) is 18.3 Å². The summed E-state index contributed by atoms with van der Waals surface area (Å²) >= 11 is 0. The van der Waals surface area contributed by atoms with Gasteiger partial charge in [-0.1, -0.05) is 6.07 Å². The Balaban J connectivity index is 1.58. The van der Waals surface area contributed by atoms with Gasteiger partial charge in [-0.25, -0.2) is 4.98 Å². The van der Waals surface area contributed by atoms with Crippen LogP contribution in [0.1, 0.15) is 28.9 Å². The minimum Gasteiger partial charge on any atom is -0.406 e. The molecule has 0 bridgehead atoms. The summed E-state index contributed by atoms with van der Waals surface area (Å²) in [5, 5.41) is 2.68. The molecule has 1 fully saturated rings. The summed E-state index contributed by atoms with van der Waals surface area (Å²) in [5.74, 6) is 0.0240. The maximum absolute atomic E-state index is 12.8. The number of aromatic nitrogens is 2. The maximum atomic E-state index is 12.8. The molecule has 9 heteroatoms. The van der Waals surface area contributed by atoms with Crippen molar-refractivity contribution in [3.05, 3.63) is 66.1 Å². The van der Waals surface area contributed by atoms with Gasteiger partial charge in [-0.15, -0.1) is 13.2 Å². The second-order valence-electron chi connectivity index (χ2n) is 7.50. The van der Waals surface area contributed by atoms with Gasteiger partial charge in [0.1, 0.15) is 11.6 Å². The molecule has 0 spiro atoms. The number of nitrogens with one attached hydrogen (secondary N) is 1. The Morgan fingerprint density at radius 1 is 1.03 bits per heavy atom. The van der Waals surface area contributed by atoms with E-state index >= 15 is 0 Å². The summed E-state index contributed by atoms with van der Waals surface area (Å²) in [4.78, 5) is 23.9. The molecule has 1 aliphatic rings. The molecule has 0 aliphatic carbocycles. The molecule has 3 heterocycles. The van der Waals surface area contributed by atoms with Gasteiger partial charge in [-0.3, -0.25) is 9.78 Å². The number of halogens is 3. The normalized spacial score (nSPS) is 13.8. The van der Waals surface area contributed by atoms with E-state index in [0.29, 0.717) is 11.3 Å². The number of carbonyl (C=O) groups is 1. The van der Waals surface area contributed by atoms with Crippen LogP contribution < -0.4 is 15.0 Å². The van der Waals surface area contributed by atoms with Crippen LogP contribution >= 0.6 is 0 Å². The number of carbonyl (C=O) groups excluding carboxylic acids is 1. The summed E-state index contributed by atoms with van der Waals surface area (Å²) in [6.07, 6.45) is 0.671. The van der Waals surface area contributed by atoms with Crippen molar-refractivity contribution in [2.24, 2.45) is 0 Å². The van der Waals surface area contributed by atoms with Crippen molar-refractivity contribution in [2.45, 2.75) is 26.1 Å². The Kier molecular flexibility index (Phi) is 5.98. The predicted octanol–water partition coefficient (Wildman–Crippen LogP) is 5.20. The van der Waals surface area contributed by atoms with Crippen LogP contribution in [0.15, 0.2) is 54.9 Å². The molecule has 1 amide bonds. The minimum absolute atomic E-state index is 0.333. The molecule has 4 rings (SSSR count). The van der Waals surface area contributed by atoms with E-state index in [-0.39, 0.29) is 5.75 Å². The van der Waals surface area contributed by atoms with Gasteiger partial charge in [-0.2, -0.15) is 0 Å². The third kappa shape index (κ3) is 5.16. The molecular formula is C23H21F3N4O2. The number of aryl methyl sites for hydroxylation is 1. The lowest BCUT2D eigenvalue weighted by molar-refractivity contribution is -0.274. The van der Waals surface area contributed by atoms with E-state index in [0.717, 1.165) is 60.7 Å². The van der Waals surface area contributed by atoms with Crippen LogP contribution in [-0.4, -0.2) is 35.3 Å². The lowest BCUT2D eigenvalue weighted by Crippen LogP contribution is -2.21. The highest BCUT2D eigenvalue weighted by Gasteiger charge is 2.31. The number of pyridine rings is 2. The largest absolute Gasteiger partial charge is 0.573 e. The van der Waals surface area contributed by atoms with Gasteiger partial charge in [0, 0.05) is 48.0 Å². The van der Waals surface area contributed by atoms with Gasteiger partial charge in [0.2, 0.25) is 0 Å². The van der Waals surface area contributed by atoms with E-state index in [4.69, 9.17) is 0 Å². The number of amides is 1. The van der Waals surface area contributed by atoms with Gasteiger partial charge in [0.25, 0.3) is 5.91 Å². The quantitative estimate of drug-likeness (QED) is 0.588. The summed E-state index contributed by atoms with van der Waals surface area (Å²) in [6, 6.07) is 10.6. The molecule has 0 unspecified atom stereocenters. The summed E-state index contributed by atoms with van der Waals surface area (Å²) in [7, 11) is 0. The fourth-order valence-electron chi connectivity index (χ4n) is 3.55. The number of hydrogen-bond donors (Lipinski definition) is 1. The number of ether oxygens (including phenoxy) is 1. The van der Waals surface area contributed by atoms with Crippen molar-refractivity contribution in [3.8, 4) is 16.9 Å². The van der Waals surface area contributed by atoms with Crippen molar-refractivity contribution in [1.29, 1.82) is 0 Å². The number of anilines is 2. The van der Waals surface area contributed by atoms with Crippen LogP contribution in [0.2, 0.25) is 0 Å². The minimum atomic E-state index is -4.77. The molecule has 3 aromatic rings. The molecule has 32 heavy (non-hydrogen) atoms. The van der Waals surface area contributed by atoms with E-state index < -0.39 is 12.3 Å². The van der Waals surface area contributed by atoms with Crippen LogP contribution in [0.4, 0.5) is 24.7 Å². The molecule has 0 atom stereocenters. The number of benzene rings is 1. The Hall–Kier alpha value is -3.62. The zero-order valence-corrected chi connectivity index (χ0v) is 17.3. The van der Waals surface area contributed by atoms with Crippen LogP contribution in [0.5, 0.6) is 5.75 Å². The smallest absolute Gasteiger partial charge is 0.406 e. The first-order valence-electron chi connectivity index (χ1n) is 10.1. The first-order valence-corrected chi connectivity index (χ1v) is 10.1. The zero-order valence-electron chi connectivity index (χ0n) is 17.3. The van der Waals surface area contributed by atoms with Gasteiger partial charge < -0.3 is 15.0 Å². The molecule has 1 aromatic carbocycles. The molecule has 166 valence electrons. The average Bonchev–Trinajstić information content (AvgIpc) is 3.29. The molecular weight excluding hydrogens is 421 g/mol. The molecule has 0 saturated carbocycles. The molecule has 1 aliphatic heterocycles. The van der Waals surface area contributed by atoms with Gasteiger partial charge >= 0.3 is 6.36 Å². The fraction of sp³-hybridized carbons (Fsp3) is 0.261. The van der Waals surface area contributed by atoms with Crippen LogP contribution in [-0.2, 0) is 0 Å². The molecule has 1 N–H and O–H groups in total. The fourth-order valence-corrected chi connectivity index (χ4v) is 3.55. The summed E-state index contributed by atoms with van der Waals surface area (Å²) < 4.78 is 40.8. The van der Waals surface area contributed by atoms with E-state index in [1.807, 2.05) is 19.1 Å². The van der Waals surface area contributed by atoms with Crippen molar-refractivity contribution < 1.29 is 22.7 Å². The van der Waals surface area contributed by atoms with Crippen LogP contribution in [0, 0.1) is 6.92 Å². The van der Waals surface area contributed by atoms with Crippen LogP contribution in [0.25, 0.3) is 11.1 Å². The van der Waals surface area contributed by atoms with Crippen molar-refractivity contribution in [3.63, 3.8) is 0 Å². The highest BCUT2D eigenvalue weighted by atomic mass is 19.4. The Morgan fingerprint density at radius 2 is 1.75 bits per heavy atom. The molecule has 6 nitrogen and oxygen atoms in total. The number of nitrogens with zero attached hydrogens (tertiary/aromatic N) is 3. The van der Waals surface area contributed by atoms with Crippen molar-refractivity contribution in [2.75, 3.05) is 23.3 Å². The number of rotatable bonds is 5. The van der Waals surface area contributed by atoms with Gasteiger partial charge in [0.05, 0.1) is 5.56 Å². The SMILES string of the molecule is Cc1ccc(-c2cc(C(=O)Nc3ccc(OC(F)(F)F)cc3)cnc2N2CCCC2)cn1. The standard InChI is InChI=1S/C23H21F3N4O2/c1-15-4-5-16(13-27-15)20-12-17(14-28-21(20)30-10-2-3-11-30)22(31)29-18-6-8-19(9-7-18)32-23(24,25)26/h4-9,12-14H,2-3,10-11H2,1H3,(H,29,31). The van der Waals surface area contributed by atoms with Crippen molar-refractivity contribution >= 4 is 17.4 Å². The van der Waals surface area contributed by atoms with Gasteiger partial charge in [-0.05, 0) is 56.2 Å². The molecule has 2 aromatic heterocycles. The van der Waals surface area contributed by atoms with E-state index in [9.17, 15) is 18.0 Å². The van der Waals surface area contributed by atoms with E-state index in [1.54, 1.807) is 12.3 Å². The molecule has 1 saturated heterocycles. The van der Waals surface area contributed by atoms with E-state index in [2.05, 4.69) is 24.9 Å². The summed E-state index contributed by atoms with van der Waals surface area (Å²) in [6.45, 7) is 3.70. The Morgan fingerprint density at radius 3 is 2.38 bits per heavy atom. The Bertz CT molecular complexity index is 1090. The lowest BCUT2D eigenvalue weighted by Gasteiger charge is -2.21. The number of hydrogen-bond acceptors (Lipinski definition) is 5. The monoisotopic (exact) mass is 442 g/mol. The predicted molar refractivity (Wildman–Crippen MR) is 115 cm³/mol. The first-order chi connectivity index (χ1) is 15.3. The number of alkyl halides is 3. The lowest BCUT2D eigenvalue weighted by atomic mass is 10.1. The topological polar surface area (TPSA) is 67.3 Å². The maximum Gasteiger partial charge on any atom is 0.573 e. The van der Waals surface area contributed by atoms with Crippen molar-refractivity contribution in [1.82, 2.24) is 9.97 Å². The summed E-state index contributed by atoms with van der Waals surface area (Å²) in [5.41, 5.74) is 3.22. The highest BCUT2D eigenvalue weighted by Crippen LogP contribution is 2.32. The van der Waals surface area contributed by atoms with Crippen LogP contribution in [0.3, 0.4) is 0 Å². The Labute approximate surface area is 183 Å². The third-order valence-electron chi connectivity index (χ3n) is 5.10. The molecule has 0 radical (unpaired) electrons. The second-order valence-corrected chi connectivity index (χ2v) is 7.50. The third-order valence-corrected chi connectivity index (χ3v) is 5.10.